The van der Waals surface area contributed by atoms with Gasteiger partial charge in [0.2, 0.25) is 0 Å². The third kappa shape index (κ3) is 3.04. The van der Waals surface area contributed by atoms with Gasteiger partial charge in [-0.05, 0) is 49.9 Å². The highest BCUT2D eigenvalue weighted by molar-refractivity contribution is 9.09. The first-order valence-electron chi connectivity index (χ1n) is 7.51. The molecule has 20 heavy (non-hydrogen) atoms. The Labute approximate surface area is 129 Å². The van der Waals surface area contributed by atoms with Crippen molar-refractivity contribution >= 4 is 26.8 Å². The summed E-state index contributed by atoms with van der Waals surface area (Å²) < 4.78 is 0. The maximum Gasteiger partial charge on any atom is 0.0705 e. The van der Waals surface area contributed by atoms with Gasteiger partial charge in [0, 0.05) is 29.5 Å². The summed E-state index contributed by atoms with van der Waals surface area (Å²) in [5.41, 5.74) is 2.53. The van der Waals surface area contributed by atoms with Crippen molar-refractivity contribution in [2.24, 2.45) is 0 Å². The number of aromatic nitrogens is 1. The highest BCUT2D eigenvalue weighted by Gasteiger charge is 2.24. The lowest BCUT2D eigenvalue weighted by Crippen LogP contribution is -2.29. The average Bonchev–Trinajstić information content (AvgIpc) is 2.93. The molecule has 2 aromatic rings. The average molecular weight is 333 g/mol. The summed E-state index contributed by atoms with van der Waals surface area (Å²) in [6.07, 6.45) is 7.24. The molecule has 3 rings (SSSR count). The predicted molar refractivity (Wildman–Crippen MR) is 88.2 cm³/mol. The van der Waals surface area contributed by atoms with Gasteiger partial charge in [0.15, 0.2) is 0 Å². The lowest BCUT2D eigenvalue weighted by Gasteiger charge is -2.24. The van der Waals surface area contributed by atoms with Crippen LogP contribution < -0.4 is 0 Å². The number of pyridine rings is 1. The SMILES string of the molecule is BrCCCC1CCCN1Cc1ccnc2ccccc12. The molecular weight excluding hydrogens is 312 g/mol. The van der Waals surface area contributed by atoms with Crippen LogP contribution in [0.2, 0.25) is 0 Å². The zero-order valence-corrected chi connectivity index (χ0v) is 13.3. The van der Waals surface area contributed by atoms with Crippen molar-refractivity contribution in [3.63, 3.8) is 0 Å². The third-order valence-corrected chi connectivity index (χ3v) is 4.84. The maximum atomic E-state index is 4.46. The van der Waals surface area contributed by atoms with Gasteiger partial charge >= 0.3 is 0 Å². The van der Waals surface area contributed by atoms with Crippen LogP contribution in [-0.2, 0) is 6.54 Å². The molecule has 1 saturated heterocycles. The molecule has 2 heterocycles. The summed E-state index contributed by atoms with van der Waals surface area (Å²) in [5.74, 6) is 0. The van der Waals surface area contributed by atoms with Gasteiger partial charge in [0.25, 0.3) is 0 Å². The van der Waals surface area contributed by atoms with Gasteiger partial charge in [0.05, 0.1) is 5.52 Å². The Hall–Kier alpha value is -0.930. The van der Waals surface area contributed by atoms with E-state index in [0.717, 1.165) is 23.4 Å². The summed E-state index contributed by atoms with van der Waals surface area (Å²) in [6, 6.07) is 11.4. The Morgan fingerprint density at radius 3 is 3.05 bits per heavy atom. The predicted octanol–water partition coefficient (Wildman–Crippen LogP) is 4.37. The molecule has 1 fully saturated rings. The number of para-hydroxylation sites is 1. The fourth-order valence-corrected chi connectivity index (χ4v) is 3.58. The number of benzene rings is 1. The molecule has 1 aromatic heterocycles. The molecule has 1 aliphatic rings. The largest absolute Gasteiger partial charge is 0.296 e. The van der Waals surface area contributed by atoms with Crippen molar-refractivity contribution in [1.82, 2.24) is 9.88 Å². The van der Waals surface area contributed by atoms with E-state index in [1.807, 2.05) is 6.20 Å². The minimum absolute atomic E-state index is 0.763. The number of halogens is 1. The third-order valence-electron chi connectivity index (χ3n) is 4.28. The number of alkyl halides is 1. The topological polar surface area (TPSA) is 16.1 Å². The number of nitrogens with zero attached hydrogens (tertiary/aromatic N) is 2. The summed E-state index contributed by atoms with van der Waals surface area (Å²) in [5, 5.41) is 2.43. The van der Waals surface area contributed by atoms with E-state index >= 15 is 0 Å². The number of hydrogen-bond donors (Lipinski definition) is 0. The van der Waals surface area contributed by atoms with Crippen molar-refractivity contribution in [3.8, 4) is 0 Å². The monoisotopic (exact) mass is 332 g/mol. The molecule has 0 N–H and O–H groups in total. The Kier molecular flexibility index (Phi) is 4.69. The maximum absolute atomic E-state index is 4.46. The molecule has 3 heteroatoms. The van der Waals surface area contributed by atoms with Crippen LogP contribution in [0.3, 0.4) is 0 Å². The van der Waals surface area contributed by atoms with E-state index < -0.39 is 0 Å². The first-order valence-corrected chi connectivity index (χ1v) is 8.63. The van der Waals surface area contributed by atoms with Crippen LogP contribution in [0.4, 0.5) is 0 Å². The molecular formula is C17H21BrN2. The van der Waals surface area contributed by atoms with Gasteiger partial charge in [-0.2, -0.15) is 0 Å². The van der Waals surface area contributed by atoms with Crippen molar-refractivity contribution in [3.05, 3.63) is 42.1 Å². The molecule has 0 bridgehead atoms. The number of hydrogen-bond acceptors (Lipinski definition) is 2. The summed E-state index contributed by atoms with van der Waals surface area (Å²) in [7, 11) is 0. The molecule has 0 spiro atoms. The normalized spacial score (nSPS) is 19.8. The van der Waals surface area contributed by atoms with Crippen molar-refractivity contribution in [2.45, 2.75) is 38.3 Å². The van der Waals surface area contributed by atoms with Crippen LogP contribution in [0.15, 0.2) is 36.5 Å². The molecule has 1 aliphatic heterocycles. The van der Waals surface area contributed by atoms with Crippen LogP contribution >= 0.6 is 15.9 Å². The van der Waals surface area contributed by atoms with E-state index in [4.69, 9.17) is 0 Å². The molecule has 0 amide bonds. The zero-order chi connectivity index (χ0) is 13.8. The minimum Gasteiger partial charge on any atom is -0.296 e. The van der Waals surface area contributed by atoms with E-state index in [9.17, 15) is 0 Å². The molecule has 0 aliphatic carbocycles. The van der Waals surface area contributed by atoms with Gasteiger partial charge in [-0.25, -0.2) is 0 Å². The molecule has 1 atom stereocenters. The van der Waals surface area contributed by atoms with Crippen LogP contribution in [0.25, 0.3) is 10.9 Å². The molecule has 106 valence electrons. The van der Waals surface area contributed by atoms with Gasteiger partial charge in [-0.1, -0.05) is 34.1 Å². The summed E-state index contributed by atoms with van der Waals surface area (Å²) in [6.45, 7) is 2.31. The van der Waals surface area contributed by atoms with Crippen molar-refractivity contribution < 1.29 is 0 Å². The highest BCUT2D eigenvalue weighted by Crippen LogP contribution is 2.26. The smallest absolute Gasteiger partial charge is 0.0705 e. The lowest BCUT2D eigenvalue weighted by molar-refractivity contribution is 0.235. The van der Waals surface area contributed by atoms with E-state index in [0.29, 0.717) is 0 Å². The number of likely N-dealkylation sites (tertiary alicyclic amines) is 1. The van der Waals surface area contributed by atoms with E-state index in [1.54, 1.807) is 0 Å². The molecule has 2 nitrogen and oxygen atoms in total. The summed E-state index contributed by atoms with van der Waals surface area (Å²) in [4.78, 5) is 7.12. The van der Waals surface area contributed by atoms with Gasteiger partial charge < -0.3 is 0 Å². The van der Waals surface area contributed by atoms with Crippen molar-refractivity contribution in [1.29, 1.82) is 0 Å². The second-order valence-electron chi connectivity index (χ2n) is 5.58. The van der Waals surface area contributed by atoms with Crippen LogP contribution in [0.1, 0.15) is 31.2 Å². The van der Waals surface area contributed by atoms with Gasteiger partial charge in [-0.3, -0.25) is 9.88 Å². The first kappa shape index (κ1) is 14.0. The molecule has 0 radical (unpaired) electrons. The number of fused-ring (bicyclic) bond motifs is 1. The van der Waals surface area contributed by atoms with E-state index in [-0.39, 0.29) is 0 Å². The Morgan fingerprint density at radius 1 is 1.25 bits per heavy atom. The Bertz CT molecular complexity index is 564. The van der Waals surface area contributed by atoms with Crippen LogP contribution in [-0.4, -0.2) is 27.8 Å². The van der Waals surface area contributed by atoms with E-state index in [2.05, 4.69) is 56.1 Å². The van der Waals surface area contributed by atoms with Gasteiger partial charge in [-0.15, -0.1) is 0 Å². The second kappa shape index (κ2) is 6.68. The molecule has 0 saturated carbocycles. The first-order chi connectivity index (χ1) is 9.88. The van der Waals surface area contributed by atoms with Crippen LogP contribution in [0, 0.1) is 0 Å². The quantitative estimate of drug-likeness (QED) is 0.755. The van der Waals surface area contributed by atoms with Gasteiger partial charge in [0.1, 0.15) is 0 Å². The highest BCUT2D eigenvalue weighted by atomic mass is 79.9. The fraction of sp³-hybridized carbons (Fsp3) is 0.471. The summed E-state index contributed by atoms with van der Waals surface area (Å²) >= 11 is 3.55. The second-order valence-corrected chi connectivity index (χ2v) is 6.38. The molecule has 1 aromatic carbocycles. The number of rotatable bonds is 5. The Balaban J connectivity index is 1.78. The zero-order valence-electron chi connectivity index (χ0n) is 11.8. The lowest BCUT2D eigenvalue weighted by atomic mass is 10.1. The van der Waals surface area contributed by atoms with Crippen LogP contribution in [0.5, 0.6) is 0 Å². The minimum atomic E-state index is 0.763. The standard InChI is InChI=1S/C17H21BrN2/c18-10-3-5-15-6-4-12-20(15)13-14-9-11-19-17-8-2-1-7-16(14)17/h1-2,7-9,11,15H,3-6,10,12-13H2. The fourth-order valence-electron chi connectivity index (χ4n) is 3.25. The molecule has 1 unspecified atom stereocenters. The van der Waals surface area contributed by atoms with E-state index in [1.165, 1.54) is 43.2 Å². The Morgan fingerprint density at radius 2 is 2.15 bits per heavy atom. The van der Waals surface area contributed by atoms with Crippen molar-refractivity contribution in [2.75, 3.05) is 11.9 Å².